The summed E-state index contributed by atoms with van der Waals surface area (Å²) in [6.45, 7) is 4.01. The maximum absolute atomic E-state index is 11.9. The van der Waals surface area contributed by atoms with Crippen LogP contribution in [0.5, 0.6) is 0 Å². The fraction of sp³-hybridized carbons (Fsp3) is 0.438. The maximum atomic E-state index is 11.9. The number of nitrogens with one attached hydrogen (secondary N) is 1. The van der Waals surface area contributed by atoms with Gasteiger partial charge in [-0.05, 0) is 30.5 Å². The van der Waals surface area contributed by atoms with Crippen LogP contribution in [0.4, 0.5) is 5.69 Å². The number of nitriles is 1. The summed E-state index contributed by atoms with van der Waals surface area (Å²) in [6, 6.07) is 9.18. The first-order valence-electron chi connectivity index (χ1n) is 6.94. The minimum Gasteiger partial charge on any atom is -0.325 e. The molecule has 1 amide bonds. The molecule has 4 nitrogen and oxygen atoms in total. The van der Waals surface area contributed by atoms with E-state index < -0.39 is 11.8 Å². The molecular weight excluding hydrogens is 252 g/mol. The SMILES string of the molecule is CCCCC(=O)[C@@H](C#N)C(=O)Nc1ccc(CC)cc1. The van der Waals surface area contributed by atoms with E-state index in [0.29, 0.717) is 12.1 Å². The topological polar surface area (TPSA) is 70.0 Å². The molecule has 106 valence electrons. The Bertz CT molecular complexity index is 500. The van der Waals surface area contributed by atoms with Gasteiger partial charge in [-0.3, -0.25) is 9.59 Å². The molecule has 1 rings (SSSR count). The maximum Gasteiger partial charge on any atom is 0.249 e. The van der Waals surface area contributed by atoms with E-state index in [0.717, 1.165) is 12.8 Å². The number of benzene rings is 1. The predicted molar refractivity (Wildman–Crippen MR) is 78.1 cm³/mol. The van der Waals surface area contributed by atoms with Gasteiger partial charge in [0, 0.05) is 12.1 Å². The van der Waals surface area contributed by atoms with E-state index in [1.165, 1.54) is 5.56 Å². The number of Topliss-reactive ketones (excluding diaryl/α,β-unsaturated/α-hetero) is 1. The molecule has 0 aliphatic heterocycles. The molecule has 0 aliphatic rings. The van der Waals surface area contributed by atoms with Crippen molar-refractivity contribution < 1.29 is 9.59 Å². The first-order valence-corrected chi connectivity index (χ1v) is 6.94. The number of nitrogens with zero attached hydrogens (tertiary/aromatic N) is 1. The summed E-state index contributed by atoms with van der Waals surface area (Å²) in [5.74, 6) is -2.07. The fourth-order valence-electron chi connectivity index (χ4n) is 1.81. The first-order chi connectivity index (χ1) is 9.62. The van der Waals surface area contributed by atoms with Crippen LogP contribution >= 0.6 is 0 Å². The van der Waals surface area contributed by atoms with Gasteiger partial charge in [-0.2, -0.15) is 5.26 Å². The van der Waals surface area contributed by atoms with Crippen molar-refractivity contribution in [3.8, 4) is 6.07 Å². The Balaban J connectivity index is 2.67. The summed E-state index contributed by atoms with van der Waals surface area (Å²) < 4.78 is 0. The number of anilines is 1. The van der Waals surface area contributed by atoms with Crippen molar-refractivity contribution in [2.24, 2.45) is 5.92 Å². The summed E-state index contributed by atoms with van der Waals surface area (Å²) in [5.41, 5.74) is 1.77. The zero-order chi connectivity index (χ0) is 15.0. The van der Waals surface area contributed by atoms with Gasteiger partial charge < -0.3 is 5.32 Å². The highest BCUT2D eigenvalue weighted by Gasteiger charge is 2.25. The number of hydrogen-bond acceptors (Lipinski definition) is 3. The number of rotatable bonds is 7. The molecule has 0 saturated carbocycles. The van der Waals surface area contributed by atoms with E-state index in [1.807, 2.05) is 26.0 Å². The molecule has 1 N–H and O–H groups in total. The smallest absolute Gasteiger partial charge is 0.249 e. The molecule has 0 unspecified atom stereocenters. The first kappa shape index (κ1) is 15.9. The molecule has 0 aromatic heterocycles. The third-order valence-electron chi connectivity index (χ3n) is 3.12. The molecule has 1 aromatic rings. The van der Waals surface area contributed by atoms with E-state index in [9.17, 15) is 9.59 Å². The quantitative estimate of drug-likeness (QED) is 0.775. The van der Waals surface area contributed by atoms with Gasteiger partial charge in [0.1, 0.15) is 0 Å². The molecule has 0 spiro atoms. The summed E-state index contributed by atoms with van der Waals surface area (Å²) in [4.78, 5) is 23.7. The highest BCUT2D eigenvalue weighted by molar-refractivity contribution is 6.09. The van der Waals surface area contributed by atoms with Gasteiger partial charge in [-0.1, -0.05) is 32.4 Å². The highest BCUT2D eigenvalue weighted by Crippen LogP contribution is 2.13. The molecule has 0 aliphatic carbocycles. The lowest BCUT2D eigenvalue weighted by molar-refractivity contribution is -0.128. The van der Waals surface area contributed by atoms with E-state index in [2.05, 4.69) is 5.32 Å². The van der Waals surface area contributed by atoms with Gasteiger partial charge >= 0.3 is 0 Å². The van der Waals surface area contributed by atoms with Crippen LogP contribution in [0.1, 0.15) is 38.7 Å². The van der Waals surface area contributed by atoms with Crippen molar-refractivity contribution in [3.63, 3.8) is 0 Å². The lowest BCUT2D eigenvalue weighted by Crippen LogP contribution is -2.28. The highest BCUT2D eigenvalue weighted by atomic mass is 16.2. The third-order valence-corrected chi connectivity index (χ3v) is 3.12. The molecule has 1 atom stereocenters. The van der Waals surface area contributed by atoms with Gasteiger partial charge in [0.25, 0.3) is 0 Å². The largest absolute Gasteiger partial charge is 0.325 e. The molecule has 0 fully saturated rings. The summed E-state index contributed by atoms with van der Waals surface area (Å²) in [5, 5.41) is 11.6. The van der Waals surface area contributed by atoms with Crippen LogP contribution in [-0.2, 0) is 16.0 Å². The molecule has 0 bridgehead atoms. The van der Waals surface area contributed by atoms with E-state index in [4.69, 9.17) is 5.26 Å². The number of hydrogen-bond donors (Lipinski definition) is 1. The second kappa shape index (κ2) is 8.11. The van der Waals surface area contributed by atoms with Crippen molar-refractivity contribution in [2.75, 3.05) is 5.32 Å². The van der Waals surface area contributed by atoms with Crippen LogP contribution in [0.15, 0.2) is 24.3 Å². The second-order valence-corrected chi connectivity index (χ2v) is 4.67. The summed E-state index contributed by atoms with van der Waals surface area (Å²) in [7, 11) is 0. The lowest BCUT2D eigenvalue weighted by Gasteiger charge is -2.09. The van der Waals surface area contributed by atoms with E-state index in [1.54, 1.807) is 18.2 Å². The minimum atomic E-state index is -1.22. The third kappa shape index (κ3) is 4.51. The van der Waals surface area contributed by atoms with Crippen LogP contribution < -0.4 is 5.32 Å². The standard InChI is InChI=1S/C16H20N2O2/c1-3-5-6-15(19)14(11-17)16(20)18-13-9-7-12(4-2)8-10-13/h7-10,14H,3-6H2,1-2H3,(H,18,20)/t14-/m1/s1. The van der Waals surface area contributed by atoms with Crippen LogP contribution in [0, 0.1) is 17.2 Å². The fourth-order valence-corrected chi connectivity index (χ4v) is 1.81. The Hall–Kier alpha value is -2.15. The van der Waals surface area contributed by atoms with Crippen LogP contribution in [0.3, 0.4) is 0 Å². The monoisotopic (exact) mass is 272 g/mol. The molecule has 0 radical (unpaired) electrons. The van der Waals surface area contributed by atoms with Crippen molar-refractivity contribution in [1.29, 1.82) is 5.26 Å². The van der Waals surface area contributed by atoms with E-state index in [-0.39, 0.29) is 12.2 Å². The van der Waals surface area contributed by atoms with Crippen molar-refractivity contribution in [1.82, 2.24) is 0 Å². The zero-order valence-electron chi connectivity index (χ0n) is 12.0. The normalized spacial score (nSPS) is 11.4. The summed E-state index contributed by atoms with van der Waals surface area (Å²) in [6.07, 6.45) is 2.76. The Morgan fingerprint density at radius 1 is 1.25 bits per heavy atom. The number of unbranched alkanes of at least 4 members (excludes halogenated alkanes) is 1. The second-order valence-electron chi connectivity index (χ2n) is 4.67. The molecular formula is C16H20N2O2. The molecule has 20 heavy (non-hydrogen) atoms. The Morgan fingerprint density at radius 3 is 2.40 bits per heavy atom. The Morgan fingerprint density at radius 2 is 1.90 bits per heavy atom. The van der Waals surface area contributed by atoms with Gasteiger partial charge in [-0.25, -0.2) is 0 Å². The number of ketones is 1. The van der Waals surface area contributed by atoms with Crippen molar-refractivity contribution in [2.45, 2.75) is 39.5 Å². The summed E-state index contributed by atoms with van der Waals surface area (Å²) >= 11 is 0. The molecule has 0 saturated heterocycles. The average Bonchev–Trinajstić information content (AvgIpc) is 2.46. The van der Waals surface area contributed by atoms with Gasteiger partial charge in [0.05, 0.1) is 6.07 Å². The van der Waals surface area contributed by atoms with Crippen LogP contribution in [0.25, 0.3) is 0 Å². The number of amides is 1. The van der Waals surface area contributed by atoms with Gasteiger partial charge in [0.2, 0.25) is 5.91 Å². The molecule has 1 aromatic carbocycles. The van der Waals surface area contributed by atoms with E-state index >= 15 is 0 Å². The van der Waals surface area contributed by atoms with Crippen molar-refractivity contribution >= 4 is 17.4 Å². The Kier molecular flexibility index (Phi) is 6.45. The molecule has 0 heterocycles. The molecule has 4 heteroatoms. The average molecular weight is 272 g/mol. The minimum absolute atomic E-state index is 0.275. The Labute approximate surface area is 119 Å². The van der Waals surface area contributed by atoms with Gasteiger partial charge in [-0.15, -0.1) is 0 Å². The van der Waals surface area contributed by atoms with Crippen LogP contribution in [0.2, 0.25) is 0 Å². The number of carbonyl (C=O) groups excluding carboxylic acids is 2. The number of carbonyl (C=O) groups is 2. The predicted octanol–water partition coefficient (Wildman–Crippen LogP) is 3.09. The number of aryl methyl sites for hydroxylation is 1. The van der Waals surface area contributed by atoms with Crippen LogP contribution in [-0.4, -0.2) is 11.7 Å². The van der Waals surface area contributed by atoms with Crippen molar-refractivity contribution in [3.05, 3.63) is 29.8 Å². The zero-order valence-corrected chi connectivity index (χ0v) is 12.0. The van der Waals surface area contributed by atoms with Gasteiger partial charge in [0.15, 0.2) is 11.7 Å². The lowest BCUT2D eigenvalue weighted by atomic mass is 10.00.